The molecule has 0 spiro atoms. The average molecular weight is 312 g/mol. The van der Waals surface area contributed by atoms with Crippen LogP contribution < -0.4 is 5.73 Å². The quantitative estimate of drug-likeness (QED) is 0.882. The van der Waals surface area contributed by atoms with Crippen LogP contribution in [0.15, 0.2) is 11.2 Å². The number of imidazole rings is 1. The summed E-state index contributed by atoms with van der Waals surface area (Å²) in [6.45, 7) is 5.86. The molecule has 2 aliphatic heterocycles. The molecular formula is C14H24N4O2S. The molecule has 1 aromatic rings. The predicted molar refractivity (Wildman–Crippen MR) is 80.3 cm³/mol. The number of fused-ring (bicyclic) bond motifs is 1. The first-order valence-electron chi connectivity index (χ1n) is 7.62. The van der Waals surface area contributed by atoms with Gasteiger partial charge in [0.25, 0.3) is 10.0 Å². The fourth-order valence-corrected chi connectivity index (χ4v) is 4.77. The summed E-state index contributed by atoms with van der Waals surface area (Å²) in [5, 5.41) is 0.200. The highest BCUT2D eigenvalue weighted by molar-refractivity contribution is 7.89. The fourth-order valence-electron chi connectivity index (χ4n) is 3.17. The van der Waals surface area contributed by atoms with Crippen molar-refractivity contribution >= 4 is 10.0 Å². The average Bonchev–Trinajstić information content (AvgIpc) is 2.86. The van der Waals surface area contributed by atoms with Gasteiger partial charge >= 0.3 is 0 Å². The third kappa shape index (κ3) is 2.62. The van der Waals surface area contributed by atoms with Crippen LogP contribution in [-0.2, 0) is 23.0 Å². The Labute approximate surface area is 126 Å². The molecule has 0 unspecified atom stereocenters. The third-order valence-electron chi connectivity index (χ3n) is 4.77. The number of sulfonamides is 1. The van der Waals surface area contributed by atoms with Gasteiger partial charge in [-0.2, -0.15) is 4.31 Å². The number of piperidine rings is 1. The van der Waals surface area contributed by atoms with Gasteiger partial charge in [-0.3, -0.25) is 0 Å². The van der Waals surface area contributed by atoms with Crippen molar-refractivity contribution in [2.24, 2.45) is 11.1 Å². The SMILES string of the molecule is CC1(C)CN(S(=O)(=O)c2cn3c(n2)CCCC3)CC[C@@H]1N. The van der Waals surface area contributed by atoms with Gasteiger partial charge in [-0.1, -0.05) is 13.8 Å². The van der Waals surface area contributed by atoms with Crippen LogP contribution in [0, 0.1) is 5.41 Å². The molecular weight excluding hydrogens is 288 g/mol. The van der Waals surface area contributed by atoms with E-state index < -0.39 is 10.0 Å². The van der Waals surface area contributed by atoms with E-state index in [2.05, 4.69) is 4.98 Å². The second-order valence-corrected chi connectivity index (χ2v) is 8.75. The fraction of sp³-hybridized carbons (Fsp3) is 0.786. The molecule has 0 bridgehead atoms. The summed E-state index contributed by atoms with van der Waals surface area (Å²) in [7, 11) is -3.50. The van der Waals surface area contributed by atoms with Gasteiger partial charge in [0.1, 0.15) is 5.82 Å². The number of hydrogen-bond donors (Lipinski definition) is 1. The lowest BCUT2D eigenvalue weighted by Crippen LogP contribution is -2.53. The van der Waals surface area contributed by atoms with Crippen molar-refractivity contribution in [1.82, 2.24) is 13.9 Å². The van der Waals surface area contributed by atoms with Gasteiger partial charge < -0.3 is 10.3 Å². The zero-order valence-corrected chi connectivity index (χ0v) is 13.6. The number of hydrogen-bond acceptors (Lipinski definition) is 4. The molecule has 0 radical (unpaired) electrons. The normalized spacial score (nSPS) is 26.5. The van der Waals surface area contributed by atoms with Crippen molar-refractivity contribution in [3.8, 4) is 0 Å². The molecule has 1 fully saturated rings. The molecule has 1 saturated heterocycles. The number of aryl methyl sites for hydroxylation is 2. The topological polar surface area (TPSA) is 81.2 Å². The molecule has 0 saturated carbocycles. The van der Waals surface area contributed by atoms with Crippen molar-refractivity contribution in [1.29, 1.82) is 0 Å². The summed E-state index contributed by atoms with van der Waals surface area (Å²) in [6, 6.07) is 0.0409. The van der Waals surface area contributed by atoms with E-state index in [0.29, 0.717) is 19.5 Å². The van der Waals surface area contributed by atoms with Gasteiger partial charge in [0.15, 0.2) is 5.03 Å². The summed E-state index contributed by atoms with van der Waals surface area (Å²) >= 11 is 0. The van der Waals surface area contributed by atoms with Gasteiger partial charge in [-0.25, -0.2) is 13.4 Å². The zero-order valence-electron chi connectivity index (χ0n) is 12.7. The number of rotatable bonds is 2. The lowest BCUT2D eigenvalue weighted by molar-refractivity contribution is 0.155. The summed E-state index contributed by atoms with van der Waals surface area (Å²) < 4.78 is 29.1. The van der Waals surface area contributed by atoms with Crippen molar-refractivity contribution in [2.75, 3.05) is 13.1 Å². The summed E-state index contributed by atoms with van der Waals surface area (Å²) in [6.07, 6.45) is 5.44. The minimum Gasteiger partial charge on any atom is -0.333 e. The standard InChI is InChI=1S/C14H24N4O2S/c1-14(2)10-18(8-6-11(14)15)21(19,20)13-9-17-7-4-3-5-12(17)16-13/h9,11H,3-8,10,15H2,1-2H3/t11-/m0/s1. The number of nitrogens with zero attached hydrogens (tertiary/aromatic N) is 3. The Kier molecular flexibility index (Phi) is 3.62. The summed E-state index contributed by atoms with van der Waals surface area (Å²) in [4.78, 5) is 4.37. The van der Waals surface area contributed by atoms with Crippen molar-refractivity contribution < 1.29 is 8.42 Å². The van der Waals surface area contributed by atoms with Crippen LogP contribution >= 0.6 is 0 Å². The van der Waals surface area contributed by atoms with E-state index in [9.17, 15) is 8.42 Å². The van der Waals surface area contributed by atoms with Crippen LogP contribution in [0.3, 0.4) is 0 Å². The summed E-state index contributed by atoms with van der Waals surface area (Å²) in [5.41, 5.74) is 5.89. The number of aromatic nitrogens is 2. The highest BCUT2D eigenvalue weighted by atomic mass is 32.2. The Bertz CT molecular complexity index is 612. The highest BCUT2D eigenvalue weighted by Gasteiger charge is 2.39. The molecule has 3 heterocycles. The van der Waals surface area contributed by atoms with Crippen LogP contribution in [-0.4, -0.2) is 41.4 Å². The largest absolute Gasteiger partial charge is 0.333 e. The Morgan fingerprint density at radius 2 is 2.10 bits per heavy atom. The van der Waals surface area contributed by atoms with Gasteiger partial charge in [0.2, 0.25) is 0 Å². The maximum absolute atomic E-state index is 12.8. The Hall–Kier alpha value is -0.920. The second kappa shape index (κ2) is 5.07. The molecule has 7 heteroatoms. The van der Waals surface area contributed by atoms with Crippen LogP contribution in [0.4, 0.5) is 0 Å². The van der Waals surface area contributed by atoms with E-state index >= 15 is 0 Å². The van der Waals surface area contributed by atoms with Crippen LogP contribution in [0.5, 0.6) is 0 Å². The lowest BCUT2D eigenvalue weighted by Gasteiger charge is -2.41. The van der Waals surface area contributed by atoms with Crippen molar-refractivity contribution in [3.05, 3.63) is 12.0 Å². The first-order valence-corrected chi connectivity index (χ1v) is 9.06. The molecule has 0 amide bonds. The number of nitrogens with two attached hydrogens (primary N) is 1. The Morgan fingerprint density at radius 1 is 1.33 bits per heavy atom. The van der Waals surface area contributed by atoms with Gasteiger partial charge in [0, 0.05) is 38.3 Å². The Morgan fingerprint density at radius 3 is 2.76 bits per heavy atom. The molecule has 1 aromatic heterocycles. The Balaban J connectivity index is 1.88. The van der Waals surface area contributed by atoms with Crippen LogP contribution in [0.25, 0.3) is 0 Å². The van der Waals surface area contributed by atoms with E-state index in [0.717, 1.165) is 31.6 Å². The van der Waals surface area contributed by atoms with Crippen LogP contribution in [0.1, 0.15) is 38.9 Å². The van der Waals surface area contributed by atoms with Gasteiger partial charge in [-0.05, 0) is 24.7 Å². The third-order valence-corrected chi connectivity index (χ3v) is 6.48. The molecule has 1 atom stereocenters. The van der Waals surface area contributed by atoms with E-state index in [1.807, 2.05) is 18.4 Å². The second-order valence-electron chi connectivity index (χ2n) is 6.87. The molecule has 0 aromatic carbocycles. The first kappa shape index (κ1) is 15.0. The molecule has 21 heavy (non-hydrogen) atoms. The minimum atomic E-state index is -3.50. The molecule has 3 rings (SSSR count). The van der Waals surface area contributed by atoms with E-state index in [1.54, 1.807) is 10.5 Å². The van der Waals surface area contributed by atoms with Crippen molar-refractivity contribution in [2.45, 2.75) is 57.1 Å². The molecule has 0 aliphatic carbocycles. The maximum Gasteiger partial charge on any atom is 0.262 e. The predicted octanol–water partition coefficient (Wildman–Crippen LogP) is 0.967. The summed E-state index contributed by atoms with van der Waals surface area (Å²) in [5.74, 6) is 0.896. The van der Waals surface area contributed by atoms with E-state index in [1.165, 1.54) is 0 Å². The minimum absolute atomic E-state index is 0.0409. The van der Waals surface area contributed by atoms with E-state index in [-0.39, 0.29) is 16.5 Å². The smallest absolute Gasteiger partial charge is 0.262 e. The molecule has 2 aliphatic rings. The zero-order chi connectivity index (χ0) is 15.3. The molecule has 6 nitrogen and oxygen atoms in total. The monoisotopic (exact) mass is 312 g/mol. The lowest BCUT2D eigenvalue weighted by atomic mass is 9.81. The highest BCUT2D eigenvalue weighted by Crippen LogP contribution is 2.31. The molecule has 2 N–H and O–H groups in total. The van der Waals surface area contributed by atoms with Crippen LogP contribution in [0.2, 0.25) is 0 Å². The van der Waals surface area contributed by atoms with Gasteiger partial charge in [-0.15, -0.1) is 0 Å². The van der Waals surface area contributed by atoms with E-state index in [4.69, 9.17) is 5.73 Å². The van der Waals surface area contributed by atoms with Crippen molar-refractivity contribution in [3.63, 3.8) is 0 Å². The van der Waals surface area contributed by atoms with Gasteiger partial charge in [0.05, 0.1) is 0 Å². The first-order chi connectivity index (χ1) is 9.80. The molecule has 118 valence electrons. The maximum atomic E-state index is 12.8.